The minimum absolute atomic E-state index is 0.0305. The average Bonchev–Trinajstić information content (AvgIpc) is 2.74. The summed E-state index contributed by atoms with van der Waals surface area (Å²) in [6.45, 7) is 0.829. The number of aromatic nitrogens is 1. The van der Waals surface area contributed by atoms with Gasteiger partial charge in [-0.25, -0.2) is 4.79 Å². The van der Waals surface area contributed by atoms with Crippen molar-refractivity contribution in [3.05, 3.63) is 53.3 Å². The van der Waals surface area contributed by atoms with Crippen LogP contribution in [0.25, 0.3) is 0 Å². The van der Waals surface area contributed by atoms with Crippen LogP contribution in [0.4, 0.5) is 10.5 Å². The maximum absolute atomic E-state index is 12.4. The van der Waals surface area contributed by atoms with Crippen molar-refractivity contribution in [1.29, 1.82) is 0 Å². The molecule has 1 aliphatic rings. The molecule has 1 saturated heterocycles. The number of urea groups is 1. The Morgan fingerprint density at radius 2 is 1.83 bits per heavy atom. The molecule has 0 saturated carbocycles. The molecule has 1 aromatic carbocycles. The van der Waals surface area contributed by atoms with E-state index in [9.17, 15) is 14.7 Å². The Hall–Kier alpha value is -2.65. The summed E-state index contributed by atoms with van der Waals surface area (Å²) in [6, 6.07) is 10.3. The van der Waals surface area contributed by atoms with Crippen molar-refractivity contribution >= 4 is 33.6 Å². The van der Waals surface area contributed by atoms with E-state index in [-0.39, 0.29) is 24.6 Å². The molecule has 1 fully saturated rings. The number of ether oxygens (including phenoxy) is 1. The van der Waals surface area contributed by atoms with E-state index >= 15 is 0 Å². The lowest BCUT2D eigenvalue weighted by molar-refractivity contribution is -0.142. The normalized spacial score (nSPS) is 15.4. The van der Waals surface area contributed by atoms with E-state index in [2.05, 4.69) is 31.5 Å². The lowest BCUT2D eigenvalue weighted by Gasteiger charge is -2.33. The molecule has 1 aliphatic heterocycles. The Labute approximate surface area is 177 Å². The van der Waals surface area contributed by atoms with E-state index in [0.717, 1.165) is 4.47 Å². The van der Waals surface area contributed by atoms with Crippen molar-refractivity contribution in [2.24, 2.45) is 0 Å². The molecule has 2 aromatic rings. The third kappa shape index (κ3) is 6.43. The van der Waals surface area contributed by atoms with Gasteiger partial charge in [-0.05, 0) is 49.2 Å². The fourth-order valence-corrected chi connectivity index (χ4v) is 3.28. The summed E-state index contributed by atoms with van der Waals surface area (Å²) >= 11 is 3.34. The number of piperidine rings is 1. The van der Waals surface area contributed by atoms with E-state index in [1.165, 1.54) is 0 Å². The van der Waals surface area contributed by atoms with Crippen LogP contribution in [-0.4, -0.2) is 58.8 Å². The first-order valence-electron chi connectivity index (χ1n) is 9.34. The number of pyridine rings is 1. The number of anilines is 1. The lowest BCUT2D eigenvalue weighted by Crippen LogP contribution is -2.50. The van der Waals surface area contributed by atoms with Crippen molar-refractivity contribution in [2.75, 3.05) is 25.0 Å². The van der Waals surface area contributed by atoms with Crippen molar-refractivity contribution < 1.29 is 19.4 Å². The van der Waals surface area contributed by atoms with Gasteiger partial charge >= 0.3 is 6.03 Å². The van der Waals surface area contributed by atoms with E-state index < -0.39 is 6.10 Å². The van der Waals surface area contributed by atoms with Crippen LogP contribution in [-0.2, 0) is 4.79 Å². The molecule has 3 N–H and O–H groups in total. The number of hydrogen-bond acceptors (Lipinski definition) is 5. The van der Waals surface area contributed by atoms with Crippen LogP contribution in [0.5, 0.6) is 5.75 Å². The number of carbonyl (C=O) groups excluding carboxylic acids is 2. The maximum Gasteiger partial charge on any atom is 0.319 e. The van der Waals surface area contributed by atoms with Gasteiger partial charge in [0.1, 0.15) is 12.4 Å². The van der Waals surface area contributed by atoms with Gasteiger partial charge in [0.05, 0.1) is 0 Å². The van der Waals surface area contributed by atoms with E-state index in [1.807, 2.05) is 12.1 Å². The van der Waals surface area contributed by atoms with Crippen LogP contribution >= 0.6 is 15.9 Å². The Morgan fingerprint density at radius 3 is 2.48 bits per heavy atom. The number of halogens is 1. The summed E-state index contributed by atoms with van der Waals surface area (Å²) in [5.74, 6) is 0.227. The fourth-order valence-electron chi connectivity index (χ4n) is 3.02. The molecule has 8 nitrogen and oxygen atoms in total. The molecule has 1 atom stereocenters. The molecule has 2 heterocycles. The van der Waals surface area contributed by atoms with Gasteiger partial charge in [-0.15, -0.1) is 0 Å². The number of hydrogen-bond donors (Lipinski definition) is 3. The van der Waals surface area contributed by atoms with E-state index in [0.29, 0.717) is 37.4 Å². The number of aliphatic hydroxyl groups excluding tert-OH is 1. The van der Waals surface area contributed by atoms with Gasteiger partial charge in [0.15, 0.2) is 6.10 Å². The first-order chi connectivity index (χ1) is 14.0. The zero-order valence-corrected chi connectivity index (χ0v) is 17.3. The molecule has 0 radical (unpaired) electrons. The van der Waals surface area contributed by atoms with E-state index in [1.54, 1.807) is 41.6 Å². The second kappa shape index (κ2) is 10.2. The first-order valence-corrected chi connectivity index (χ1v) is 10.1. The number of nitrogens with one attached hydrogen (secondary N) is 2. The van der Waals surface area contributed by atoms with Gasteiger partial charge in [0, 0.05) is 41.7 Å². The van der Waals surface area contributed by atoms with Crippen LogP contribution in [0.1, 0.15) is 12.8 Å². The van der Waals surface area contributed by atoms with Gasteiger partial charge in [-0.1, -0.05) is 15.9 Å². The molecule has 29 heavy (non-hydrogen) atoms. The van der Waals surface area contributed by atoms with Gasteiger partial charge < -0.3 is 25.4 Å². The molecule has 0 spiro atoms. The summed E-state index contributed by atoms with van der Waals surface area (Å²) in [5, 5.41) is 15.8. The highest BCUT2D eigenvalue weighted by molar-refractivity contribution is 9.10. The predicted molar refractivity (Wildman–Crippen MR) is 112 cm³/mol. The lowest BCUT2D eigenvalue weighted by atomic mass is 10.0. The number of aliphatic hydroxyl groups is 1. The largest absolute Gasteiger partial charge is 0.490 e. The summed E-state index contributed by atoms with van der Waals surface area (Å²) in [4.78, 5) is 30.0. The molecular formula is C20H23BrN4O4. The number of benzene rings is 1. The minimum Gasteiger partial charge on any atom is -0.490 e. The molecule has 3 amide bonds. The summed E-state index contributed by atoms with van der Waals surface area (Å²) in [7, 11) is 0. The van der Waals surface area contributed by atoms with Crippen molar-refractivity contribution in [1.82, 2.24) is 15.2 Å². The van der Waals surface area contributed by atoms with Crippen LogP contribution in [0, 0.1) is 0 Å². The first kappa shape index (κ1) is 21.1. The maximum atomic E-state index is 12.4. The summed E-state index contributed by atoms with van der Waals surface area (Å²) in [5.41, 5.74) is 0.666. The number of likely N-dealkylation sites (tertiary alicyclic amines) is 1. The van der Waals surface area contributed by atoms with Crippen LogP contribution in [0.15, 0.2) is 53.3 Å². The molecular weight excluding hydrogens is 440 g/mol. The predicted octanol–water partition coefficient (Wildman–Crippen LogP) is 2.40. The summed E-state index contributed by atoms with van der Waals surface area (Å²) in [6.07, 6.45) is 3.22. The quantitative estimate of drug-likeness (QED) is 0.611. The highest BCUT2D eigenvalue weighted by atomic mass is 79.9. The van der Waals surface area contributed by atoms with Crippen LogP contribution in [0.3, 0.4) is 0 Å². The molecule has 0 bridgehead atoms. The Morgan fingerprint density at radius 1 is 1.17 bits per heavy atom. The number of amides is 3. The number of carbonyl (C=O) groups is 2. The Kier molecular flexibility index (Phi) is 7.42. The molecule has 154 valence electrons. The van der Waals surface area contributed by atoms with Crippen LogP contribution < -0.4 is 15.4 Å². The zero-order chi connectivity index (χ0) is 20.6. The van der Waals surface area contributed by atoms with Crippen molar-refractivity contribution in [3.63, 3.8) is 0 Å². The molecule has 0 unspecified atom stereocenters. The molecule has 9 heteroatoms. The smallest absolute Gasteiger partial charge is 0.319 e. The van der Waals surface area contributed by atoms with Crippen LogP contribution in [0.2, 0.25) is 0 Å². The minimum atomic E-state index is -1.22. The standard InChI is InChI=1S/C20H23BrN4O4/c21-14-1-3-17(4-2-14)29-13-18(26)19(27)25-11-7-16(8-12-25)24-20(28)23-15-5-9-22-10-6-15/h1-6,9-10,16,18,26H,7-8,11-13H2,(H2,22,23,24,28)/t18-/m1/s1. The highest BCUT2D eigenvalue weighted by Crippen LogP contribution is 2.17. The average molecular weight is 463 g/mol. The SMILES string of the molecule is O=C(Nc1ccncc1)NC1CCN(C(=O)[C@H](O)COc2ccc(Br)cc2)CC1. The Bertz CT molecular complexity index is 811. The van der Waals surface area contributed by atoms with E-state index in [4.69, 9.17) is 4.74 Å². The highest BCUT2D eigenvalue weighted by Gasteiger charge is 2.28. The zero-order valence-electron chi connectivity index (χ0n) is 15.8. The second-order valence-corrected chi connectivity index (χ2v) is 7.63. The topological polar surface area (TPSA) is 104 Å². The van der Waals surface area contributed by atoms with Gasteiger partial charge in [0.2, 0.25) is 0 Å². The fraction of sp³-hybridized carbons (Fsp3) is 0.350. The number of rotatable bonds is 6. The molecule has 3 rings (SSSR count). The number of nitrogens with zero attached hydrogens (tertiary/aromatic N) is 2. The van der Waals surface area contributed by atoms with Gasteiger partial charge in [-0.3, -0.25) is 9.78 Å². The van der Waals surface area contributed by atoms with Gasteiger partial charge in [0.25, 0.3) is 5.91 Å². The molecule has 0 aliphatic carbocycles. The third-order valence-electron chi connectivity index (χ3n) is 4.59. The van der Waals surface area contributed by atoms with Gasteiger partial charge in [-0.2, -0.15) is 0 Å². The summed E-state index contributed by atoms with van der Waals surface area (Å²) < 4.78 is 6.40. The molecule has 1 aromatic heterocycles. The second-order valence-electron chi connectivity index (χ2n) is 6.71. The third-order valence-corrected chi connectivity index (χ3v) is 5.12. The monoisotopic (exact) mass is 462 g/mol. The van der Waals surface area contributed by atoms with Crippen molar-refractivity contribution in [2.45, 2.75) is 25.0 Å². The Balaban J connectivity index is 1.39. The van der Waals surface area contributed by atoms with Crippen molar-refractivity contribution in [3.8, 4) is 5.75 Å².